The summed E-state index contributed by atoms with van der Waals surface area (Å²) in [6.45, 7) is 0. The summed E-state index contributed by atoms with van der Waals surface area (Å²) in [5.74, 6) is -0.950. The lowest BCUT2D eigenvalue weighted by Crippen LogP contribution is -2.14. The average Bonchev–Trinajstić information content (AvgIpc) is 2.90. The van der Waals surface area contributed by atoms with E-state index in [1.165, 1.54) is 0 Å². The van der Waals surface area contributed by atoms with Crippen LogP contribution in [0.25, 0.3) is 0 Å². The Labute approximate surface area is 115 Å². The lowest BCUT2D eigenvalue weighted by Gasteiger charge is -2.05. The number of carbonyl (C=O) groups is 2. The van der Waals surface area contributed by atoms with Gasteiger partial charge < -0.3 is 10.4 Å². The maximum Gasteiger partial charge on any atom is 0.303 e. The van der Waals surface area contributed by atoms with Gasteiger partial charge in [-0.05, 0) is 30.2 Å². The van der Waals surface area contributed by atoms with Crippen LogP contribution >= 0.6 is 0 Å². The van der Waals surface area contributed by atoms with Gasteiger partial charge in [0.05, 0.1) is 6.42 Å². The normalized spacial score (nSPS) is 10.2. The first-order valence-electron chi connectivity index (χ1n) is 6.22. The second kappa shape index (κ2) is 6.51. The monoisotopic (exact) mass is 273 g/mol. The molecule has 0 aliphatic carbocycles. The molecule has 0 aliphatic rings. The molecule has 2 aromatic rings. The Balaban J connectivity index is 1.86. The fraction of sp³-hybridized carbons (Fsp3) is 0.214. The molecule has 0 spiro atoms. The van der Waals surface area contributed by atoms with Crippen molar-refractivity contribution in [3.63, 3.8) is 0 Å². The van der Waals surface area contributed by atoms with Crippen molar-refractivity contribution >= 4 is 17.6 Å². The second-order valence-corrected chi connectivity index (χ2v) is 4.40. The molecule has 1 heterocycles. The molecule has 104 valence electrons. The number of aromatic nitrogens is 2. The third-order valence-corrected chi connectivity index (χ3v) is 2.77. The van der Waals surface area contributed by atoms with Crippen LogP contribution in [0, 0.1) is 0 Å². The number of nitrogens with zero attached hydrogens (tertiary/aromatic N) is 1. The van der Waals surface area contributed by atoms with Gasteiger partial charge >= 0.3 is 5.97 Å². The van der Waals surface area contributed by atoms with Crippen LogP contribution in [0.4, 0.5) is 5.69 Å². The van der Waals surface area contributed by atoms with Gasteiger partial charge in [0.25, 0.3) is 0 Å². The van der Waals surface area contributed by atoms with Crippen LogP contribution in [0.1, 0.15) is 17.7 Å². The van der Waals surface area contributed by atoms with E-state index in [0.29, 0.717) is 12.1 Å². The van der Waals surface area contributed by atoms with Crippen LogP contribution in [-0.2, 0) is 22.4 Å². The molecule has 1 aromatic carbocycles. The van der Waals surface area contributed by atoms with Crippen molar-refractivity contribution in [3.05, 3.63) is 47.8 Å². The standard InChI is InChI=1S/C14H15N3O3/c18-13(9-12-7-8-15-17-12)16-11-4-1-10(2-5-11)3-6-14(19)20/h1-2,4-5,7-8H,3,6,9H2,(H,15,17)(H,16,18)(H,19,20). The number of H-pyrrole nitrogens is 1. The highest BCUT2D eigenvalue weighted by Gasteiger charge is 2.05. The predicted molar refractivity (Wildman–Crippen MR) is 73.3 cm³/mol. The molecule has 20 heavy (non-hydrogen) atoms. The molecule has 0 saturated carbocycles. The third-order valence-electron chi connectivity index (χ3n) is 2.77. The molecule has 0 saturated heterocycles. The largest absolute Gasteiger partial charge is 0.481 e. The van der Waals surface area contributed by atoms with E-state index in [-0.39, 0.29) is 18.7 Å². The summed E-state index contributed by atoms with van der Waals surface area (Å²) in [5, 5.41) is 17.9. The number of aryl methyl sites for hydroxylation is 1. The van der Waals surface area contributed by atoms with Gasteiger partial charge in [-0.25, -0.2) is 0 Å². The molecule has 1 amide bonds. The van der Waals surface area contributed by atoms with Gasteiger partial charge in [0.2, 0.25) is 5.91 Å². The van der Waals surface area contributed by atoms with Crippen LogP contribution in [0.2, 0.25) is 0 Å². The molecule has 6 nitrogen and oxygen atoms in total. The SMILES string of the molecule is O=C(O)CCc1ccc(NC(=O)Cc2ccn[nH]2)cc1. The first-order chi connectivity index (χ1) is 9.63. The lowest BCUT2D eigenvalue weighted by molar-refractivity contribution is -0.137. The molecule has 0 aliphatic heterocycles. The molecule has 0 bridgehead atoms. The Morgan fingerprint density at radius 3 is 2.55 bits per heavy atom. The lowest BCUT2D eigenvalue weighted by atomic mass is 10.1. The highest BCUT2D eigenvalue weighted by Crippen LogP contribution is 2.11. The fourth-order valence-corrected chi connectivity index (χ4v) is 1.77. The first kappa shape index (κ1) is 13.8. The summed E-state index contributed by atoms with van der Waals surface area (Å²) in [4.78, 5) is 22.2. The van der Waals surface area contributed by atoms with Crippen molar-refractivity contribution in [2.24, 2.45) is 0 Å². The van der Waals surface area contributed by atoms with Crippen molar-refractivity contribution < 1.29 is 14.7 Å². The van der Waals surface area contributed by atoms with Crippen LogP contribution in [0.3, 0.4) is 0 Å². The van der Waals surface area contributed by atoms with Crippen LogP contribution in [-0.4, -0.2) is 27.2 Å². The molecule has 0 atom stereocenters. The van der Waals surface area contributed by atoms with E-state index >= 15 is 0 Å². The summed E-state index contributed by atoms with van der Waals surface area (Å²) < 4.78 is 0. The highest BCUT2D eigenvalue weighted by molar-refractivity contribution is 5.91. The number of hydrogen-bond acceptors (Lipinski definition) is 3. The summed E-state index contributed by atoms with van der Waals surface area (Å²) in [5.41, 5.74) is 2.37. The van der Waals surface area contributed by atoms with Crippen molar-refractivity contribution in [2.75, 3.05) is 5.32 Å². The molecule has 0 unspecified atom stereocenters. The number of carboxylic acids is 1. The minimum absolute atomic E-state index is 0.103. The Morgan fingerprint density at radius 2 is 1.95 bits per heavy atom. The smallest absolute Gasteiger partial charge is 0.303 e. The first-order valence-corrected chi connectivity index (χ1v) is 6.22. The third kappa shape index (κ3) is 4.24. The highest BCUT2D eigenvalue weighted by atomic mass is 16.4. The molecule has 2 rings (SSSR count). The van der Waals surface area contributed by atoms with Crippen molar-refractivity contribution in [2.45, 2.75) is 19.3 Å². The number of rotatable bonds is 6. The van der Waals surface area contributed by atoms with Crippen LogP contribution in [0.15, 0.2) is 36.5 Å². The van der Waals surface area contributed by atoms with Gasteiger partial charge in [-0.1, -0.05) is 12.1 Å². The zero-order chi connectivity index (χ0) is 14.4. The zero-order valence-electron chi connectivity index (χ0n) is 10.8. The number of hydrogen-bond donors (Lipinski definition) is 3. The van der Waals surface area contributed by atoms with Gasteiger partial charge in [-0.2, -0.15) is 5.10 Å². The number of carbonyl (C=O) groups excluding carboxylic acids is 1. The van der Waals surface area contributed by atoms with E-state index in [1.807, 2.05) is 12.1 Å². The number of carboxylic acid groups (broad SMARTS) is 1. The van der Waals surface area contributed by atoms with E-state index < -0.39 is 5.97 Å². The second-order valence-electron chi connectivity index (χ2n) is 4.40. The van der Waals surface area contributed by atoms with Gasteiger partial charge in [0.1, 0.15) is 0 Å². The quantitative estimate of drug-likeness (QED) is 0.745. The van der Waals surface area contributed by atoms with Crippen LogP contribution < -0.4 is 5.32 Å². The molecule has 0 fully saturated rings. The average molecular weight is 273 g/mol. The van der Waals surface area contributed by atoms with Gasteiger partial charge in [-0.3, -0.25) is 14.7 Å². The van der Waals surface area contributed by atoms with Crippen molar-refractivity contribution in [1.82, 2.24) is 10.2 Å². The van der Waals surface area contributed by atoms with Gasteiger partial charge in [-0.15, -0.1) is 0 Å². The van der Waals surface area contributed by atoms with E-state index in [2.05, 4.69) is 15.5 Å². The van der Waals surface area contributed by atoms with Crippen LogP contribution in [0.5, 0.6) is 0 Å². The van der Waals surface area contributed by atoms with Crippen molar-refractivity contribution in [3.8, 4) is 0 Å². The number of anilines is 1. The van der Waals surface area contributed by atoms with Gasteiger partial charge in [0, 0.05) is 24.0 Å². The Hall–Kier alpha value is -2.63. The summed E-state index contributed by atoms with van der Waals surface area (Å²) in [7, 11) is 0. The minimum Gasteiger partial charge on any atom is -0.481 e. The Bertz CT molecular complexity index is 576. The number of nitrogens with one attached hydrogen (secondary N) is 2. The topological polar surface area (TPSA) is 95.1 Å². The van der Waals surface area contributed by atoms with E-state index in [4.69, 9.17) is 5.11 Å². The zero-order valence-corrected chi connectivity index (χ0v) is 10.8. The Morgan fingerprint density at radius 1 is 1.20 bits per heavy atom. The maximum absolute atomic E-state index is 11.7. The molecule has 6 heteroatoms. The molecular weight excluding hydrogens is 258 g/mol. The Kier molecular flexibility index (Phi) is 4.49. The molecule has 0 radical (unpaired) electrons. The fourth-order valence-electron chi connectivity index (χ4n) is 1.77. The maximum atomic E-state index is 11.7. The number of aliphatic carboxylic acids is 1. The number of benzene rings is 1. The van der Waals surface area contributed by atoms with E-state index in [9.17, 15) is 9.59 Å². The van der Waals surface area contributed by atoms with E-state index in [1.54, 1.807) is 24.4 Å². The van der Waals surface area contributed by atoms with Gasteiger partial charge in [0.15, 0.2) is 0 Å². The molecular formula is C14H15N3O3. The van der Waals surface area contributed by atoms with Crippen molar-refractivity contribution in [1.29, 1.82) is 0 Å². The predicted octanol–water partition coefficient (Wildman–Crippen LogP) is 1.61. The molecule has 3 N–H and O–H groups in total. The van der Waals surface area contributed by atoms with E-state index in [0.717, 1.165) is 11.3 Å². The molecule has 1 aromatic heterocycles. The number of amides is 1. The summed E-state index contributed by atoms with van der Waals surface area (Å²) in [6, 6.07) is 8.90. The summed E-state index contributed by atoms with van der Waals surface area (Å²) >= 11 is 0. The summed E-state index contributed by atoms with van der Waals surface area (Å²) in [6.07, 6.45) is 2.42. The number of aromatic amines is 1. The minimum atomic E-state index is -0.818.